The Kier molecular flexibility index (Phi) is 5.65. The summed E-state index contributed by atoms with van der Waals surface area (Å²) in [5.41, 5.74) is 0. The fourth-order valence-corrected chi connectivity index (χ4v) is 1.79. The highest BCUT2D eigenvalue weighted by Gasteiger charge is 2.20. The average Bonchev–Trinajstić information content (AvgIpc) is 2.29. The van der Waals surface area contributed by atoms with Gasteiger partial charge in [-0.2, -0.15) is 0 Å². The Morgan fingerprint density at radius 3 is 3.07 bits per heavy atom. The Morgan fingerprint density at radius 2 is 2.47 bits per heavy atom. The van der Waals surface area contributed by atoms with E-state index in [0.717, 1.165) is 32.4 Å². The Balaban J connectivity index is 2.12. The van der Waals surface area contributed by atoms with E-state index in [4.69, 9.17) is 0 Å². The minimum atomic E-state index is -0.283. The van der Waals surface area contributed by atoms with Gasteiger partial charge in [0.15, 0.2) is 0 Å². The van der Waals surface area contributed by atoms with Crippen LogP contribution in [0.15, 0.2) is 0 Å². The molecule has 0 radical (unpaired) electrons. The molecular weight excluding hydrogens is 192 g/mol. The topological polar surface area (TPSA) is 61.4 Å². The van der Waals surface area contributed by atoms with Crippen LogP contribution in [-0.4, -0.2) is 36.8 Å². The van der Waals surface area contributed by atoms with Crippen molar-refractivity contribution in [1.29, 1.82) is 0 Å². The van der Waals surface area contributed by atoms with E-state index in [9.17, 15) is 9.90 Å². The summed E-state index contributed by atoms with van der Waals surface area (Å²) in [7, 11) is 0. The maximum absolute atomic E-state index is 11.6. The number of carbonyl (C=O) groups excluding carboxylic acids is 1. The van der Waals surface area contributed by atoms with Gasteiger partial charge in [0.25, 0.3) is 0 Å². The van der Waals surface area contributed by atoms with E-state index < -0.39 is 0 Å². The highest BCUT2D eigenvalue weighted by atomic mass is 16.3. The number of aliphatic hydroxyl groups is 1. The molecule has 0 aromatic rings. The molecule has 88 valence electrons. The highest BCUT2D eigenvalue weighted by Crippen LogP contribution is 2.09. The van der Waals surface area contributed by atoms with Gasteiger partial charge < -0.3 is 15.7 Å². The Bertz CT molecular complexity index is 191. The maximum Gasteiger partial charge on any atom is 0.224 e. The monoisotopic (exact) mass is 214 g/mol. The molecule has 2 atom stereocenters. The number of hydrogen-bond acceptors (Lipinski definition) is 3. The highest BCUT2D eigenvalue weighted by molar-refractivity contribution is 5.78. The SMILES string of the molecule is CCC(O)CCNC(=O)[C@H]1CCCNC1. The minimum Gasteiger partial charge on any atom is -0.393 e. The predicted molar refractivity (Wildman–Crippen MR) is 59.5 cm³/mol. The van der Waals surface area contributed by atoms with E-state index in [1.165, 1.54) is 0 Å². The van der Waals surface area contributed by atoms with Gasteiger partial charge in [-0.1, -0.05) is 6.92 Å². The minimum absolute atomic E-state index is 0.123. The van der Waals surface area contributed by atoms with Crippen LogP contribution in [0, 0.1) is 5.92 Å². The Labute approximate surface area is 91.4 Å². The van der Waals surface area contributed by atoms with Gasteiger partial charge in [-0.3, -0.25) is 4.79 Å². The summed E-state index contributed by atoms with van der Waals surface area (Å²) in [4.78, 5) is 11.6. The van der Waals surface area contributed by atoms with E-state index in [1.807, 2.05) is 6.92 Å². The van der Waals surface area contributed by atoms with Gasteiger partial charge >= 0.3 is 0 Å². The molecule has 1 unspecified atom stereocenters. The summed E-state index contributed by atoms with van der Waals surface area (Å²) >= 11 is 0. The van der Waals surface area contributed by atoms with Crippen LogP contribution in [0.3, 0.4) is 0 Å². The summed E-state index contributed by atoms with van der Waals surface area (Å²) < 4.78 is 0. The summed E-state index contributed by atoms with van der Waals surface area (Å²) in [6, 6.07) is 0. The third-order valence-corrected chi connectivity index (χ3v) is 2.92. The predicted octanol–water partition coefficient (Wildman–Crippen LogP) is 0.263. The zero-order valence-corrected chi connectivity index (χ0v) is 9.46. The van der Waals surface area contributed by atoms with Gasteiger partial charge in [0, 0.05) is 13.1 Å². The Hall–Kier alpha value is -0.610. The van der Waals surface area contributed by atoms with Crippen molar-refractivity contribution in [1.82, 2.24) is 10.6 Å². The van der Waals surface area contributed by atoms with Crippen molar-refractivity contribution in [3.05, 3.63) is 0 Å². The fourth-order valence-electron chi connectivity index (χ4n) is 1.79. The van der Waals surface area contributed by atoms with Gasteiger partial charge in [-0.05, 0) is 32.2 Å². The number of rotatable bonds is 5. The molecule has 1 amide bonds. The standard InChI is InChI=1S/C11H22N2O2/c1-2-10(14)5-7-13-11(15)9-4-3-6-12-8-9/h9-10,12,14H,2-8H2,1H3,(H,13,15)/t9-,10?/m0/s1. The first-order chi connectivity index (χ1) is 7.24. The summed E-state index contributed by atoms with van der Waals surface area (Å²) in [5, 5.41) is 15.4. The van der Waals surface area contributed by atoms with Crippen molar-refractivity contribution in [3.8, 4) is 0 Å². The van der Waals surface area contributed by atoms with Crippen molar-refractivity contribution < 1.29 is 9.90 Å². The molecule has 4 heteroatoms. The van der Waals surface area contributed by atoms with Crippen molar-refractivity contribution in [2.24, 2.45) is 5.92 Å². The Morgan fingerprint density at radius 1 is 1.67 bits per heavy atom. The van der Waals surface area contributed by atoms with Crippen LogP contribution in [0.25, 0.3) is 0 Å². The van der Waals surface area contributed by atoms with E-state index in [0.29, 0.717) is 13.0 Å². The molecule has 1 fully saturated rings. The molecule has 0 aromatic carbocycles. The van der Waals surface area contributed by atoms with Crippen LogP contribution < -0.4 is 10.6 Å². The quantitative estimate of drug-likeness (QED) is 0.615. The maximum atomic E-state index is 11.6. The molecule has 4 nitrogen and oxygen atoms in total. The first kappa shape index (κ1) is 12.5. The number of carbonyl (C=O) groups is 1. The molecule has 0 aromatic heterocycles. The molecule has 15 heavy (non-hydrogen) atoms. The molecular formula is C11H22N2O2. The van der Waals surface area contributed by atoms with Crippen LogP contribution >= 0.6 is 0 Å². The fraction of sp³-hybridized carbons (Fsp3) is 0.909. The zero-order chi connectivity index (χ0) is 11.1. The number of aliphatic hydroxyl groups excluding tert-OH is 1. The number of nitrogens with one attached hydrogen (secondary N) is 2. The molecule has 1 heterocycles. The van der Waals surface area contributed by atoms with Gasteiger partial charge in [0.05, 0.1) is 12.0 Å². The van der Waals surface area contributed by atoms with E-state index in [1.54, 1.807) is 0 Å². The molecule has 3 N–H and O–H groups in total. The molecule has 0 bridgehead atoms. The van der Waals surface area contributed by atoms with Crippen LogP contribution in [-0.2, 0) is 4.79 Å². The van der Waals surface area contributed by atoms with E-state index in [2.05, 4.69) is 10.6 Å². The second-order valence-electron chi connectivity index (χ2n) is 4.19. The lowest BCUT2D eigenvalue weighted by Gasteiger charge is -2.22. The summed E-state index contributed by atoms with van der Waals surface area (Å²) in [5.74, 6) is 0.253. The van der Waals surface area contributed by atoms with Gasteiger partial charge in [0.1, 0.15) is 0 Å². The largest absolute Gasteiger partial charge is 0.393 e. The third-order valence-electron chi connectivity index (χ3n) is 2.92. The number of piperidine rings is 1. The summed E-state index contributed by atoms with van der Waals surface area (Å²) in [6.07, 6.45) is 3.18. The first-order valence-corrected chi connectivity index (χ1v) is 5.90. The summed E-state index contributed by atoms with van der Waals surface area (Å²) in [6.45, 7) is 4.35. The van der Waals surface area contributed by atoms with Gasteiger partial charge in [0.2, 0.25) is 5.91 Å². The number of hydrogen-bond donors (Lipinski definition) is 3. The van der Waals surface area contributed by atoms with Gasteiger partial charge in [-0.25, -0.2) is 0 Å². The molecule has 1 saturated heterocycles. The molecule has 0 saturated carbocycles. The van der Waals surface area contributed by atoms with Crippen LogP contribution in [0.5, 0.6) is 0 Å². The molecule has 1 aliphatic rings. The normalized spacial score (nSPS) is 23.5. The van der Waals surface area contributed by atoms with Crippen LogP contribution in [0.4, 0.5) is 0 Å². The lowest BCUT2D eigenvalue weighted by atomic mass is 9.99. The van der Waals surface area contributed by atoms with E-state index in [-0.39, 0.29) is 17.9 Å². The zero-order valence-electron chi connectivity index (χ0n) is 9.46. The molecule has 0 spiro atoms. The van der Waals surface area contributed by atoms with Gasteiger partial charge in [-0.15, -0.1) is 0 Å². The van der Waals surface area contributed by atoms with Crippen LogP contribution in [0.1, 0.15) is 32.6 Å². The smallest absolute Gasteiger partial charge is 0.224 e. The molecule has 1 rings (SSSR count). The lowest BCUT2D eigenvalue weighted by Crippen LogP contribution is -2.41. The molecule has 1 aliphatic heterocycles. The first-order valence-electron chi connectivity index (χ1n) is 5.90. The van der Waals surface area contributed by atoms with Crippen molar-refractivity contribution in [2.45, 2.75) is 38.7 Å². The average molecular weight is 214 g/mol. The third kappa shape index (κ3) is 4.62. The number of amides is 1. The van der Waals surface area contributed by atoms with Crippen LogP contribution in [0.2, 0.25) is 0 Å². The van der Waals surface area contributed by atoms with Crippen molar-refractivity contribution >= 4 is 5.91 Å². The lowest BCUT2D eigenvalue weighted by molar-refractivity contribution is -0.125. The second kappa shape index (κ2) is 6.80. The van der Waals surface area contributed by atoms with Crippen molar-refractivity contribution in [2.75, 3.05) is 19.6 Å². The molecule has 0 aliphatic carbocycles. The second-order valence-corrected chi connectivity index (χ2v) is 4.19. The van der Waals surface area contributed by atoms with E-state index >= 15 is 0 Å². The van der Waals surface area contributed by atoms with Crippen molar-refractivity contribution in [3.63, 3.8) is 0 Å².